The van der Waals surface area contributed by atoms with Crippen molar-refractivity contribution in [2.24, 2.45) is 5.92 Å². The van der Waals surface area contributed by atoms with Crippen LogP contribution in [-0.2, 0) is 0 Å². The van der Waals surface area contributed by atoms with E-state index < -0.39 is 0 Å². The molecule has 0 N–H and O–H groups in total. The Morgan fingerprint density at radius 2 is 0.741 bits per heavy atom. The molecule has 0 bridgehead atoms. The fourth-order valence-corrected chi connectivity index (χ4v) is 4.17. The zero-order chi connectivity index (χ0) is 19.8. The fourth-order valence-electron chi connectivity index (χ4n) is 4.17. The Morgan fingerprint density at radius 1 is 0.444 bits per heavy atom. The van der Waals surface area contributed by atoms with Crippen LogP contribution in [-0.4, -0.2) is 0 Å². The zero-order valence-corrected chi connectivity index (χ0v) is 19.3. The van der Waals surface area contributed by atoms with E-state index in [1.54, 1.807) is 0 Å². The highest BCUT2D eigenvalue weighted by Gasteiger charge is 2.02. The van der Waals surface area contributed by atoms with Crippen molar-refractivity contribution in [3.8, 4) is 0 Å². The van der Waals surface area contributed by atoms with Crippen LogP contribution in [0.5, 0.6) is 0 Å². The number of rotatable bonds is 23. The summed E-state index contributed by atoms with van der Waals surface area (Å²) in [6.07, 6.45) is 32.7. The van der Waals surface area contributed by atoms with Gasteiger partial charge in [0.1, 0.15) is 0 Å². The highest BCUT2D eigenvalue weighted by atomic mass is 14.1. The lowest BCUT2D eigenvalue weighted by Crippen LogP contribution is -1.96. The molecule has 0 heteroatoms. The minimum absolute atomic E-state index is 0.888. The average molecular weight is 379 g/mol. The third-order valence-electron chi connectivity index (χ3n) is 6.35. The third kappa shape index (κ3) is 22.2. The summed E-state index contributed by atoms with van der Waals surface area (Å²) in [6, 6.07) is 0. The van der Waals surface area contributed by atoms with Crippen molar-refractivity contribution in [3.05, 3.63) is 13.8 Å². The summed E-state index contributed by atoms with van der Waals surface area (Å²) in [5.41, 5.74) is 0. The van der Waals surface area contributed by atoms with E-state index in [9.17, 15) is 0 Å². The molecular weight excluding hydrogens is 324 g/mol. The maximum atomic E-state index is 4.06. The Kier molecular flexibility index (Phi) is 24.0. The largest absolute Gasteiger partial charge is 0.0651 e. The molecule has 27 heavy (non-hydrogen) atoms. The standard InChI is InChI=1S/C27H54/c1-4-7-8-9-10-11-12-13-14-15-16-17-18-19-20-21-22-23-24-25-26-27(5-2)6-3/h27H,1-2,4-26H2,3H3. The van der Waals surface area contributed by atoms with Gasteiger partial charge >= 0.3 is 0 Å². The van der Waals surface area contributed by atoms with Gasteiger partial charge in [0.2, 0.25) is 0 Å². The van der Waals surface area contributed by atoms with E-state index in [1.807, 2.05) is 0 Å². The van der Waals surface area contributed by atoms with Crippen molar-refractivity contribution < 1.29 is 0 Å². The Balaban J connectivity index is 3.03. The van der Waals surface area contributed by atoms with Gasteiger partial charge in [-0.3, -0.25) is 0 Å². The first kappa shape index (κ1) is 27.0. The van der Waals surface area contributed by atoms with E-state index in [-0.39, 0.29) is 0 Å². The molecule has 0 aliphatic heterocycles. The molecule has 162 valence electrons. The molecule has 0 amide bonds. The lowest BCUT2D eigenvalue weighted by Gasteiger charge is -2.11. The fraction of sp³-hybridized carbons (Fsp3) is 0.926. The highest BCUT2D eigenvalue weighted by molar-refractivity contribution is 4.59. The van der Waals surface area contributed by atoms with Crippen LogP contribution < -0.4 is 0 Å². The minimum atomic E-state index is 0.888. The van der Waals surface area contributed by atoms with Gasteiger partial charge in [0.05, 0.1) is 0 Å². The third-order valence-corrected chi connectivity index (χ3v) is 6.35. The Morgan fingerprint density at radius 3 is 1.00 bits per heavy atom. The Labute approximate surface area is 174 Å². The van der Waals surface area contributed by atoms with Crippen molar-refractivity contribution in [1.82, 2.24) is 0 Å². The van der Waals surface area contributed by atoms with Crippen LogP contribution in [0.15, 0.2) is 0 Å². The molecule has 1 unspecified atom stereocenters. The van der Waals surface area contributed by atoms with E-state index in [4.69, 9.17) is 0 Å². The van der Waals surface area contributed by atoms with Gasteiger partial charge in [-0.25, -0.2) is 0 Å². The number of hydrogen-bond donors (Lipinski definition) is 0. The normalized spacial score (nSPS) is 11.6. The molecule has 2 radical (unpaired) electrons. The number of hydrogen-bond acceptors (Lipinski definition) is 0. The topological polar surface area (TPSA) is 0 Å². The second kappa shape index (κ2) is 24.0. The molecule has 1 atom stereocenters. The monoisotopic (exact) mass is 378 g/mol. The second-order valence-corrected chi connectivity index (χ2v) is 8.92. The molecule has 0 aliphatic carbocycles. The van der Waals surface area contributed by atoms with Crippen molar-refractivity contribution in [2.75, 3.05) is 0 Å². The Hall–Kier alpha value is 0. The first-order valence-corrected chi connectivity index (χ1v) is 12.9. The average Bonchev–Trinajstić information content (AvgIpc) is 2.69. The highest BCUT2D eigenvalue weighted by Crippen LogP contribution is 2.18. The molecule has 0 aromatic heterocycles. The van der Waals surface area contributed by atoms with Gasteiger partial charge < -0.3 is 0 Å². The van der Waals surface area contributed by atoms with Gasteiger partial charge in [-0.15, -0.1) is 0 Å². The van der Waals surface area contributed by atoms with Crippen LogP contribution in [0.1, 0.15) is 155 Å². The van der Waals surface area contributed by atoms with Crippen molar-refractivity contribution in [1.29, 1.82) is 0 Å². The summed E-state index contributed by atoms with van der Waals surface area (Å²) in [6.45, 7) is 10.3. The van der Waals surface area contributed by atoms with E-state index in [0.29, 0.717) is 0 Å². The smallest absolute Gasteiger partial charge is 0.0417 e. The zero-order valence-electron chi connectivity index (χ0n) is 19.3. The summed E-state index contributed by atoms with van der Waals surface area (Å²) >= 11 is 0. The van der Waals surface area contributed by atoms with E-state index in [2.05, 4.69) is 20.8 Å². The van der Waals surface area contributed by atoms with Gasteiger partial charge in [-0.2, -0.15) is 0 Å². The van der Waals surface area contributed by atoms with Crippen molar-refractivity contribution in [3.63, 3.8) is 0 Å². The first-order valence-electron chi connectivity index (χ1n) is 12.9. The Bertz CT molecular complexity index is 240. The molecule has 0 rings (SSSR count). The molecule has 0 aromatic rings. The van der Waals surface area contributed by atoms with Crippen LogP contribution >= 0.6 is 0 Å². The number of unbranched alkanes of at least 4 members (excludes halogenated alkanes) is 19. The summed E-state index contributed by atoms with van der Waals surface area (Å²) in [5, 5.41) is 0. The molecule has 0 nitrogen and oxygen atoms in total. The first-order chi connectivity index (χ1) is 13.3. The summed E-state index contributed by atoms with van der Waals surface area (Å²) < 4.78 is 0. The van der Waals surface area contributed by atoms with Gasteiger partial charge in [0.25, 0.3) is 0 Å². The van der Waals surface area contributed by atoms with E-state index in [0.717, 1.165) is 18.8 Å². The molecule has 0 aromatic carbocycles. The van der Waals surface area contributed by atoms with Crippen LogP contribution in [0, 0.1) is 19.8 Å². The minimum Gasteiger partial charge on any atom is -0.0651 e. The van der Waals surface area contributed by atoms with Crippen LogP contribution in [0.4, 0.5) is 0 Å². The second-order valence-electron chi connectivity index (χ2n) is 8.92. The predicted molar refractivity (Wildman–Crippen MR) is 126 cm³/mol. The molecular formula is C27H54. The van der Waals surface area contributed by atoms with Gasteiger partial charge in [0, 0.05) is 0 Å². The SMILES string of the molecule is [CH2]CCCCCCCCCCCCCCCCCCCCCC(C[CH2])CC. The molecule has 0 fully saturated rings. The van der Waals surface area contributed by atoms with Crippen LogP contribution in [0.3, 0.4) is 0 Å². The lowest BCUT2D eigenvalue weighted by atomic mass is 9.95. The maximum Gasteiger partial charge on any atom is -0.0417 e. The van der Waals surface area contributed by atoms with Crippen molar-refractivity contribution >= 4 is 0 Å². The van der Waals surface area contributed by atoms with Crippen molar-refractivity contribution in [2.45, 2.75) is 155 Å². The van der Waals surface area contributed by atoms with Crippen LogP contribution in [0.25, 0.3) is 0 Å². The molecule has 0 spiro atoms. The van der Waals surface area contributed by atoms with E-state index in [1.165, 1.54) is 135 Å². The summed E-state index contributed by atoms with van der Waals surface area (Å²) in [5.74, 6) is 0.888. The quantitative estimate of drug-likeness (QED) is 0.155. The molecule has 0 heterocycles. The predicted octanol–water partition coefficient (Wildman–Crippen LogP) is 10.3. The van der Waals surface area contributed by atoms with E-state index >= 15 is 0 Å². The molecule has 0 saturated heterocycles. The summed E-state index contributed by atoms with van der Waals surface area (Å²) in [7, 11) is 0. The van der Waals surface area contributed by atoms with Gasteiger partial charge in [-0.1, -0.05) is 168 Å². The van der Waals surface area contributed by atoms with Crippen LogP contribution in [0.2, 0.25) is 0 Å². The maximum absolute atomic E-state index is 4.06. The molecule has 0 aliphatic rings. The van der Waals surface area contributed by atoms with Gasteiger partial charge in [0.15, 0.2) is 0 Å². The molecule has 0 saturated carbocycles. The van der Waals surface area contributed by atoms with Gasteiger partial charge in [-0.05, 0) is 5.92 Å². The summed E-state index contributed by atoms with van der Waals surface area (Å²) in [4.78, 5) is 0. The lowest BCUT2D eigenvalue weighted by molar-refractivity contribution is 0.440.